The number of nitrogens with zero attached hydrogens (tertiary/aromatic N) is 2. The molecule has 0 spiro atoms. The molecule has 0 unspecified atom stereocenters. The molecule has 1 saturated heterocycles. The maximum Gasteiger partial charge on any atom is 0.334 e. The summed E-state index contributed by atoms with van der Waals surface area (Å²) in [6.07, 6.45) is -0.533. The van der Waals surface area contributed by atoms with Crippen LogP contribution in [0.3, 0.4) is 0 Å². The van der Waals surface area contributed by atoms with E-state index in [2.05, 4.69) is 11.9 Å². The topological polar surface area (TPSA) is 113 Å². The van der Waals surface area contributed by atoms with Gasteiger partial charge in [-0.25, -0.2) is 23.6 Å². The van der Waals surface area contributed by atoms with Gasteiger partial charge in [0.05, 0.1) is 5.69 Å². The lowest BCUT2D eigenvalue weighted by Gasteiger charge is -2.18. The maximum absolute atomic E-state index is 14.3. The summed E-state index contributed by atoms with van der Waals surface area (Å²) < 4.78 is 39.8. The molecule has 1 atom stereocenters. The molecule has 3 rings (SSSR count). The van der Waals surface area contributed by atoms with Crippen LogP contribution >= 0.6 is 22.6 Å². The predicted octanol–water partition coefficient (Wildman–Crippen LogP) is 1.51. The standard InChI is InChI=1S/C18H17F2IN4O6/c1-9-29-6-11(31-9)7-30-23-16(26)14-15(22-13-4-3-10(21)5-12(13)20)25(8-19)18(28)24(2)17(14)27/h3-5,11,22H,1,6-8H2,2H3,(H,23,26)/t11-/m1/s1. The molecule has 1 aromatic carbocycles. The predicted molar refractivity (Wildman–Crippen MR) is 113 cm³/mol. The van der Waals surface area contributed by atoms with Crippen LogP contribution < -0.4 is 22.0 Å². The largest absolute Gasteiger partial charge is 0.462 e. The maximum atomic E-state index is 14.3. The van der Waals surface area contributed by atoms with Crippen molar-refractivity contribution in [2.45, 2.75) is 12.9 Å². The van der Waals surface area contributed by atoms with Gasteiger partial charge in [0, 0.05) is 10.6 Å². The molecule has 2 heterocycles. The average Bonchev–Trinajstić information content (AvgIpc) is 3.13. The van der Waals surface area contributed by atoms with Gasteiger partial charge in [0.2, 0.25) is 0 Å². The second kappa shape index (κ2) is 9.47. The smallest absolute Gasteiger partial charge is 0.334 e. The second-order valence-electron chi connectivity index (χ2n) is 6.33. The average molecular weight is 550 g/mol. The van der Waals surface area contributed by atoms with Gasteiger partial charge in [-0.05, 0) is 47.4 Å². The number of hydrogen-bond donors (Lipinski definition) is 2. The van der Waals surface area contributed by atoms with Crippen LogP contribution in [0.4, 0.5) is 20.3 Å². The number of anilines is 2. The highest BCUT2D eigenvalue weighted by atomic mass is 127. The highest BCUT2D eigenvalue weighted by Crippen LogP contribution is 2.23. The van der Waals surface area contributed by atoms with Gasteiger partial charge in [-0.15, -0.1) is 0 Å². The Morgan fingerprint density at radius 1 is 1.42 bits per heavy atom. The third-order valence-electron chi connectivity index (χ3n) is 4.24. The van der Waals surface area contributed by atoms with Crippen molar-refractivity contribution in [1.29, 1.82) is 0 Å². The van der Waals surface area contributed by atoms with Crippen LogP contribution in [0.1, 0.15) is 10.4 Å². The van der Waals surface area contributed by atoms with Crippen molar-refractivity contribution in [3.8, 4) is 0 Å². The number of hydroxylamine groups is 1. The lowest BCUT2D eigenvalue weighted by atomic mass is 10.2. The Morgan fingerprint density at radius 3 is 2.77 bits per heavy atom. The van der Waals surface area contributed by atoms with Crippen molar-refractivity contribution >= 4 is 40.0 Å². The molecule has 0 radical (unpaired) electrons. The summed E-state index contributed by atoms with van der Waals surface area (Å²) in [6.45, 7) is 2.11. The van der Waals surface area contributed by atoms with Crippen LogP contribution in [0.15, 0.2) is 40.3 Å². The van der Waals surface area contributed by atoms with E-state index in [1.165, 1.54) is 12.1 Å². The molecule has 1 aliphatic rings. The molecule has 0 aliphatic carbocycles. The monoisotopic (exact) mass is 550 g/mol. The summed E-state index contributed by atoms with van der Waals surface area (Å²) in [5.74, 6) is -2.22. The zero-order valence-electron chi connectivity index (χ0n) is 16.1. The number of carbonyl (C=O) groups excluding carboxylic acids is 1. The van der Waals surface area contributed by atoms with Crippen molar-refractivity contribution in [3.63, 3.8) is 0 Å². The summed E-state index contributed by atoms with van der Waals surface area (Å²) in [5.41, 5.74) is -0.838. The summed E-state index contributed by atoms with van der Waals surface area (Å²) in [7, 11) is 1.08. The third kappa shape index (κ3) is 4.87. The Hall–Kier alpha value is -2.94. The first kappa shape index (κ1) is 22.7. The van der Waals surface area contributed by atoms with E-state index >= 15 is 0 Å². The van der Waals surface area contributed by atoms with Gasteiger partial charge >= 0.3 is 5.69 Å². The molecule has 31 heavy (non-hydrogen) atoms. The van der Waals surface area contributed by atoms with Crippen molar-refractivity contribution in [2.24, 2.45) is 7.05 Å². The molecule has 10 nitrogen and oxygen atoms in total. The van der Waals surface area contributed by atoms with Gasteiger partial charge in [-0.3, -0.25) is 19.0 Å². The number of aromatic nitrogens is 2. The van der Waals surface area contributed by atoms with Crippen molar-refractivity contribution in [2.75, 3.05) is 18.5 Å². The minimum Gasteiger partial charge on any atom is -0.462 e. The van der Waals surface area contributed by atoms with E-state index < -0.39 is 47.3 Å². The number of amides is 1. The fourth-order valence-electron chi connectivity index (χ4n) is 2.70. The quantitative estimate of drug-likeness (QED) is 0.397. The molecular weight excluding hydrogens is 533 g/mol. The zero-order chi connectivity index (χ0) is 22.7. The highest BCUT2D eigenvalue weighted by molar-refractivity contribution is 14.1. The van der Waals surface area contributed by atoms with Crippen molar-refractivity contribution < 1.29 is 27.9 Å². The first-order chi connectivity index (χ1) is 14.7. The van der Waals surface area contributed by atoms with Gasteiger partial charge < -0.3 is 14.8 Å². The summed E-state index contributed by atoms with van der Waals surface area (Å²) in [4.78, 5) is 42.7. The Balaban J connectivity index is 1.94. The van der Waals surface area contributed by atoms with Crippen LogP contribution in [-0.4, -0.2) is 34.4 Å². The minimum absolute atomic E-state index is 0.106. The number of nitrogens with one attached hydrogen (secondary N) is 2. The fourth-order valence-corrected chi connectivity index (χ4v) is 3.16. The number of ether oxygens (including phenoxy) is 2. The molecule has 166 valence electrons. The van der Waals surface area contributed by atoms with Crippen LogP contribution in [-0.2, 0) is 28.2 Å². The summed E-state index contributed by atoms with van der Waals surface area (Å²) >= 11 is 1.89. The number of carbonyl (C=O) groups is 1. The highest BCUT2D eigenvalue weighted by Gasteiger charge is 2.26. The van der Waals surface area contributed by atoms with Gasteiger partial charge in [0.15, 0.2) is 12.9 Å². The molecular formula is C18H17F2IN4O6. The first-order valence-corrected chi connectivity index (χ1v) is 9.83. The number of hydrogen-bond acceptors (Lipinski definition) is 7. The number of alkyl halides is 1. The van der Waals surface area contributed by atoms with Crippen molar-refractivity contribution in [1.82, 2.24) is 14.6 Å². The second-order valence-corrected chi connectivity index (χ2v) is 7.58. The number of halogens is 3. The fraction of sp³-hybridized carbons (Fsp3) is 0.278. The summed E-state index contributed by atoms with van der Waals surface area (Å²) in [5, 5.41) is 2.47. The summed E-state index contributed by atoms with van der Waals surface area (Å²) in [6, 6.07) is 4.05. The van der Waals surface area contributed by atoms with Crippen LogP contribution in [0.25, 0.3) is 0 Å². The van der Waals surface area contributed by atoms with E-state index in [0.717, 1.165) is 7.05 Å². The lowest BCUT2D eigenvalue weighted by molar-refractivity contribution is -0.00833. The molecule has 1 amide bonds. The normalized spacial score (nSPS) is 15.4. The van der Waals surface area contributed by atoms with Crippen LogP contribution in [0, 0.1) is 9.39 Å². The van der Waals surface area contributed by atoms with E-state index in [1.54, 1.807) is 6.07 Å². The van der Waals surface area contributed by atoms with Crippen LogP contribution in [0.2, 0.25) is 0 Å². The van der Waals surface area contributed by atoms with E-state index in [0.29, 0.717) is 12.7 Å². The molecule has 1 aliphatic heterocycles. The number of benzene rings is 1. The molecule has 13 heteroatoms. The first-order valence-electron chi connectivity index (χ1n) is 8.75. The molecule has 2 aromatic rings. The molecule has 0 bridgehead atoms. The van der Waals surface area contributed by atoms with Gasteiger partial charge in [0.1, 0.15) is 30.4 Å². The molecule has 0 saturated carbocycles. The van der Waals surface area contributed by atoms with E-state index in [-0.39, 0.29) is 24.8 Å². The Labute approximate surface area is 187 Å². The van der Waals surface area contributed by atoms with Crippen molar-refractivity contribution in [3.05, 3.63) is 66.5 Å². The van der Waals surface area contributed by atoms with E-state index in [9.17, 15) is 23.2 Å². The lowest BCUT2D eigenvalue weighted by Crippen LogP contribution is -2.44. The Kier molecular flexibility index (Phi) is 6.94. The van der Waals surface area contributed by atoms with E-state index in [1.807, 2.05) is 28.1 Å². The third-order valence-corrected chi connectivity index (χ3v) is 4.91. The SMILES string of the molecule is C=C1OC[C@H](CONC(=O)c2c(Nc3ccc(I)cc3F)n(CF)c(=O)n(C)c2=O)O1. The Morgan fingerprint density at radius 2 is 2.16 bits per heavy atom. The number of rotatable bonds is 7. The zero-order valence-corrected chi connectivity index (χ0v) is 18.3. The minimum atomic E-state index is -1.38. The molecule has 2 N–H and O–H groups in total. The van der Waals surface area contributed by atoms with Gasteiger partial charge in [-0.1, -0.05) is 0 Å². The van der Waals surface area contributed by atoms with Gasteiger partial charge in [0.25, 0.3) is 17.4 Å². The molecule has 1 aromatic heterocycles. The van der Waals surface area contributed by atoms with Crippen LogP contribution in [0.5, 0.6) is 0 Å². The molecule has 1 fully saturated rings. The van der Waals surface area contributed by atoms with Gasteiger partial charge in [-0.2, -0.15) is 0 Å². The Bertz CT molecular complexity index is 1150. The van der Waals surface area contributed by atoms with E-state index in [4.69, 9.17) is 14.3 Å².